The lowest BCUT2D eigenvalue weighted by Crippen LogP contribution is -2.30. The first-order valence-corrected chi connectivity index (χ1v) is 8.03. The SMILES string of the molecule is CC(=O)NCC1CC(c2ccc(C3CCN(C=O)C3)c(F)c2)=NO1. The van der Waals surface area contributed by atoms with Crippen LogP contribution in [0, 0.1) is 5.82 Å². The Balaban J connectivity index is 1.65. The largest absolute Gasteiger partial charge is 0.390 e. The molecule has 3 rings (SSSR count). The Morgan fingerprint density at radius 2 is 2.38 bits per heavy atom. The molecular weight excluding hydrogens is 313 g/mol. The standard InChI is InChI=1S/C17H20FN3O3/c1-11(23)19-8-14-7-17(20-24-14)12-2-3-15(16(18)6-12)13-4-5-21(9-13)10-22/h2-3,6,10,13-14H,4-5,7-9H2,1H3,(H,19,23). The highest BCUT2D eigenvalue weighted by atomic mass is 19.1. The van der Waals surface area contributed by atoms with Crippen molar-refractivity contribution < 1.29 is 18.8 Å². The number of likely N-dealkylation sites (tertiary alicyclic amines) is 1. The summed E-state index contributed by atoms with van der Waals surface area (Å²) in [5.74, 6) is -0.361. The molecule has 0 saturated carbocycles. The molecule has 1 N–H and O–H groups in total. The van der Waals surface area contributed by atoms with Gasteiger partial charge in [0.05, 0.1) is 12.3 Å². The van der Waals surface area contributed by atoms with Gasteiger partial charge in [-0.1, -0.05) is 17.3 Å². The first-order chi connectivity index (χ1) is 11.6. The molecule has 2 aliphatic heterocycles. The van der Waals surface area contributed by atoms with Crippen LogP contribution in [0.2, 0.25) is 0 Å². The van der Waals surface area contributed by atoms with Crippen molar-refractivity contribution in [3.63, 3.8) is 0 Å². The smallest absolute Gasteiger partial charge is 0.217 e. The van der Waals surface area contributed by atoms with Crippen LogP contribution in [0.3, 0.4) is 0 Å². The van der Waals surface area contributed by atoms with E-state index in [-0.39, 0.29) is 23.7 Å². The van der Waals surface area contributed by atoms with Crippen LogP contribution < -0.4 is 5.32 Å². The van der Waals surface area contributed by atoms with Gasteiger partial charge in [-0.3, -0.25) is 9.59 Å². The van der Waals surface area contributed by atoms with Crippen molar-refractivity contribution in [1.82, 2.24) is 10.2 Å². The van der Waals surface area contributed by atoms with Gasteiger partial charge < -0.3 is 15.1 Å². The van der Waals surface area contributed by atoms with Gasteiger partial charge in [-0.25, -0.2) is 4.39 Å². The second kappa shape index (κ2) is 6.98. The summed E-state index contributed by atoms with van der Waals surface area (Å²) in [4.78, 5) is 28.7. The molecule has 2 aliphatic rings. The van der Waals surface area contributed by atoms with Crippen LogP contribution in [-0.4, -0.2) is 48.7 Å². The Bertz CT molecular complexity index is 677. The molecule has 6 nitrogen and oxygen atoms in total. The van der Waals surface area contributed by atoms with Crippen LogP contribution in [0.15, 0.2) is 23.4 Å². The lowest BCUT2D eigenvalue weighted by molar-refractivity contribution is -0.119. The zero-order valence-corrected chi connectivity index (χ0v) is 13.5. The highest BCUT2D eigenvalue weighted by Gasteiger charge is 2.27. The van der Waals surface area contributed by atoms with Gasteiger partial charge >= 0.3 is 0 Å². The van der Waals surface area contributed by atoms with Crippen molar-refractivity contribution in [2.24, 2.45) is 5.16 Å². The van der Waals surface area contributed by atoms with Crippen molar-refractivity contribution in [1.29, 1.82) is 0 Å². The molecule has 0 radical (unpaired) electrons. The molecule has 2 heterocycles. The van der Waals surface area contributed by atoms with E-state index in [0.29, 0.717) is 42.9 Å². The number of nitrogens with one attached hydrogen (secondary N) is 1. The average molecular weight is 333 g/mol. The van der Waals surface area contributed by atoms with E-state index in [1.807, 2.05) is 6.07 Å². The number of benzene rings is 1. The van der Waals surface area contributed by atoms with Gasteiger partial charge in [0, 0.05) is 37.9 Å². The number of amides is 2. The maximum absolute atomic E-state index is 14.5. The van der Waals surface area contributed by atoms with E-state index in [1.165, 1.54) is 13.0 Å². The summed E-state index contributed by atoms with van der Waals surface area (Å²) in [5.41, 5.74) is 2.00. The monoisotopic (exact) mass is 333 g/mol. The van der Waals surface area contributed by atoms with Gasteiger partial charge in [-0.05, 0) is 18.1 Å². The highest BCUT2D eigenvalue weighted by molar-refractivity contribution is 6.01. The van der Waals surface area contributed by atoms with Gasteiger partial charge in [0.1, 0.15) is 11.9 Å². The summed E-state index contributed by atoms with van der Waals surface area (Å²) in [6.45, 7) is 3.05. The van der Waals surface area contributed by atoms with Crippen molar-refractivity contribution in [2.75, 3.05) is 19.6 Å². The van der Waals surface area contributed by atoms with E-state index >= 15 is 0 Å². The number of nitrogens with zero attached hydrogens (tertiary/aromatic N) is 2. The van der Waals surface area contributed by atoms with Gasteiger partial charge in [0.25, 0.3) is 0 Å². The third kappa shape index (κ3) is 3.55. The number of rotatable bonds is 5. The third-order valence-corrected chi connectivity index (χ3v) is 4.45. The van der Waals surface area contributed by atoms with Gasteiger partial charge in [0.15, 0.2) is 0 Å². The Morgan fingerprint density at radius 1 is 1.54 bits per heavy atom. The van der Waals surface area contributed by atoms with E-state index in [1.54, 1.807) is 11.0 Å². The Kier molecular flexibility index (Phi) is 4.78. The number of hydrogen-bond donors (Lipinski definition) is 1. The van der Waals surface area contributed by atoms with E-state index in [2.05, 4.69) is 10.5 Å². The highest BCUT2D eigenvalue weighted by Crippen LogP contribution is 2.29. The minimum absolute atomic E-state index is 0.0403. The van der Waals surface area contributed by atoms with Crippen LogP contribution in [0.25, 0.3) is 0 Å². The van der Waals surface area contributed by atoms with Gasteiger partial charge in [0.2, 0.25) is 12.3 Å². The Hall–Kier alpha value is -2.44. The summed E-state index contributed by atoms with van der Waals surface area (Å²) < 4.78 is 14.5. The molecule has 2 atom stereocenters. The maximum Gasteiger partial charge on any atom is 0.217 e. The zero-order valence-electron chi connectivity index (χ0n) is 13.5. The van der Waals surface area contributed by atoms with Crippen LogP contribution in [-0.2, 0) is 14.4 Å². The molecule has 1 fully saturated rings. The number of carbonyl (C=O) groups excluding carboxylic acids is 2. The normalized spacial score (nSPS) is 22.9. The fourth-order valence-electron chi connectivity index (χ4n) is 3.14. The first-order valence-electron chi connectivity index (χ1n) is 8.03. The topological polar surface area (TPSA) is 71.0 Å². The summed E-state index contributed by atoms with van der Waals surface area (Å²) in [5, 5.41) is 6.69. The first kappa shape index (κ1) is 16.4. The summed E-state index contributed by atoms with van der Waals surface area (Å²) in [7, 11) is 0. The van der Waals surface area contributed by atoms with E-state index in [9.17, 15) is 14.0 Å². The predicted molar refractivity (Wildman–Crippen MR) is 86.1 cm³/mol. The molecule has 2 amide bonds. The number of hydrogen-bond acceptors (Lipinski definition) is 4. The minimum Gasteiger partial charge on any atom is -0.390 e. The fourth-order valence-corrected chi connectivity index (χ4v) is 3.14. The summed E-state index contributed by atoms with van der Waals surface area (Å²) in [6.07, 6.45) is 1.90. The third-order valence-electron chi connectivity index (χ3n) is 4.45. The second-order valence-electron chi connectivity index (χ2n) is 6.23. The fraction of sp³-hybridized carbons (Fsp3) is 0.471. The van der Waals surface area contributed by atoms with E-state index < -0.39 is 0 Å². The lowest BCUT2D eigenvalue weighted by Gasteiger charge is -2.13. The predicted octanol–water partition coefficient (Wildman–Crippen LogP) is 1.40. The zero-order chi connectivity index (χ0) is 17.1. The molecule has 0 bridgehead atoms. The summed E-state index contributed by atoms with van der Waals surface area (Å²) >= 11 is 0. The molecule has 7 heteroatoms. The molecule has 0 spiro atoms. The summed E-state index contributed by atoms with van der Waals surface area (Å²) in [6, 6.07) is 5.08. The molecular formula is C17H20FN3O3. The van der Waals surface area contributed by atoms with Crippen molar-refractivity contribution >= 4 is 18.0 Å². The lowest BCUT2D eigenvalue weighted by atomic mass is 9.95. The van der Waals surface area contributed by atoms with Crippen LogP contribution >= 0.6 is 0 Å². The molecule has 24 heavy (non-hydrogen) atoms. The molecule has 1 saturated heterocycles. The maximum atomic E-state index is 14.5. The number of halogens is 1. The van der Waals surface area contributed by atoms with Crippen molar-refractivity contribution in [3.05, 3.63) is 35.1 Å². The second-order valence-corrected chi connectivity index (χ2v) is 6.23. The van der Waals surface area contributed by atoms with Crippen molar-refractivity contribution in [3.8, 4) is 0 Å². The van der Waals surface area contributed by atoms with Gasteiger partial charge in [-0.2, -0.15) is 0 Å². The van der Waals surface area contributed by atoms with Crippen LogP contribution in [0.1, 0.15) is 36.8 Å². The number of carbonyl (C=O) groups is 2. The molecule has 2 unspecified atom stereocenters. The Morgan fingerprint density at radius 3 is 3.04 bits per heavy atom. The van der Waals surface area contributed by atoms with E-state index in [0.717, 1.165) is 12.8 Å². The quantitative estimate of drug-likeness (QED) is 0.828. The van der Waals surface area contributed by atoms with Crippen LogP contribution in [0.4, 0.5) is 4.39 Å². The molecule has 0 aliphatic carbocycles. The van der Waals surface area contributed by atoms with Gasteiger partial charge in [-0.15, -0.1) is 0 Å². The van der Waals surface area contributed by atoms with E-state index in [4.69, 9.17) is 4.84 Å². The molecule has 0 aromatic heterocycles. The van der Waals surface area contributed by atoms with Crippen LogP contribution in [0.5, 0.6) is 0 Å². The van der Waals surface area contributed by atoms with Crippen molar-refractivity contribution in [2.45, 2.75) is 31.8 Å². The molecule has 128 valence electrons. The molecule has 1 aromatic carbocycles. The Labute approximate surface area is 139 Å². The molecule has 1 aromatic rings. The minimum atomic E-state index is -0.279. The average Bonchev–Trinajstić information content (AvgIpc) is 3.22. The number of oxime groups is 1.